The van der Waals surface area contributed by atoms with Crippen LogP contribution < -0.4 is 4.90 Å². The maximum atomic E-state index is 10.7. The number of likely N-dealkylation sites (tertiary alicyclic amines) is 1. The number of nitrogens with zero attached hydrogens (tertiary/aromatic N) is 2. The number of benzene rings is 1. The van der Waals surface area contributed by atoms with Gasteiger partial charge in [-0.15, -0.1) is 11.8 Å². The Morgan fingerprint density at radius 3 is 2.33 bits per heavy atom. The van der Waals surface area contributed by atoms with Gasteiger partial charge in [0.2, 0.25) is 0 Å². The largest absolute Gasteiger partial charge is 0.390 e. The van der Waals surface area contributed by atoms with Crippen molar-refractivity contribution in [3.63, 3.8) is 0 Å². The molecule has 0 bridgehead atoms. The summed E-state index contributed by atoms with van der Waals surface area (Å²) in [5.74, 6) is 1.17. The van der Waals surface area contributed by atoms with Crippen molar-refractivity contribution in [1.82, 2.24) is 4.90 Å². The van der Waals surface area contributed by atoms with Crippen LogP contribution in [-0.2, 0) is 0 Å². The number of hydrogen-bond acceptors (Lipinski definition) is 4. The van der Waals surface area contributed by atoms with Gasteiger partial charge in [-0.3, -0.25) is 0 Å². The van der Waals surface area contributed by atoms with Gasteiger partial charge >= 0.3 is 0 Å². The van der Waals surface area contributed by atoms with Gasteiger partial charge < -0.3 is 14.9 Å². The second-order valence-electron chi connectivity index (χ2n) is 9.15. The van der Waals surface area contributed by atoms with Crippen LogP contribution in [0.1, 0.15) is 53.4 Å². The topological polar surface area (TPSA) is 26.7 Å². The molecule has 0 spiro atoms. The third-order valence-corrected chi connectivity index (χ3v) is 7.48. The highest BCUT2D eigenvalue weighted by molar-refractivity contribution is 7.99. The monoisotopic (exact) mass is 390 g/mol. The van der Waals surface area contributed by atoms with E-state index in [1.165, 1.54) is 43.1 Å². The first kappa shape index (κ1) is 21.0. The number of thioether (sulfide) groups is 1. The van der Waals surface area contributed by atoms with E-state index < -0.39 is 5.60 Å². The Hall–Kier alpha value is -0.710. The maximum absolute atomic E-state index is 10.7. The van der Waals surface area contributed by atoms with E-state index >= 15 is 0 Å². The summed E-state index contributed by atoms with van der Waals surface area (Å²) in [6.07, 6.45) is 4.44. The molecule has 4 heteroatoms. The second-order valence-corrected chi connectivity index (χ2v) is 10.8. The maximum Gasteiger partial charge on any atom is 0.0694 e. The van der Waals surface area contributed by atoms with Crippen LogP contribution in [0.4, 0.5) is 5.69 Å². The van der Waals surface area contributed by atoms with Crippen LogP contribution in [0, 0.1) is 11.8 Å². The zero-order valence-electron chi connectivity index (χ0n) is 17.7. The highest BCUT2D eigenvalue weighted by Gasteiger charge is 2.35. The van der Waals surface area contributed by atoms with E-state index in [2.05, 4.69) is 61.8 Å². The minimum absolute atomic E-state index is 0.368. The summed E-state index contributed by atoms with van der Waals surface area (Å²) >= 11 is 1.95. The Bertz CT molecular complexity index is 588. The van der Waals surface area contributed by atoms with E-state index in [0.29, 0.717) is 11.2 Å². The number of hydrogen-bond donors (Lipinski definition) is 1. The number of piperidine rings is 2. The minimum atomic E-state index is -0.432. The molecule has 0 atom stereocenters. The lowest BCUT2D eigenvalue weighted by atomic mass is 9.81. The van der Waals surface area contributed by atoms with E-state index in [1.807, 2.05) is 11.8 Å². The number of anilines is 1. The highest BCUT2D eigenvalue weighted by Crippen LogP contribution is 2.32. The molecule has 2 fully saturated rings. The molecule has 0 saturated carbocycles. The molecule has 3 rings (SSSR count). The smallest absolute Gasteiger partial charge is 0.0694 e. The molecule has 1 aromatic carbocycles. The summed E-state index contributed by atoms with van der Waals surface area (Å²) in [6, 6.07) is 9.07. The molecular weight excluding hydrogens is 352 g/mol. The van der Waals surface area contributed by atoms with Crippen LogP contribution in [-0.4, -0.2) is 53.6 Å². The third kappa shape index (κ3) is 5.65. The van der Waals surface area contributed by atoms with Crippen molar-refractivity contribution in [2.45, 2.75) is 69.1 Å². The van der Waals surface area contributed by atoms with Crippen LogP contribution in [0.3, 0.4) is 0 Å². The molecule has 1 N–H and O–H groups in total. The zero-order chi connectivity index (χ0) is 19.4. The summed E-state index contributed by atoms with van der Waals surface area (Å²) in [4.78, 5) is 6.54. The molecule has 152 valence electrons. The van der Waals surface area contributed by atoms with Gasteiger partial charge in [0.15, 0.2) is 0 Å². The van der Waals surface area contributed by atoms with Gasteiger partial charge in [0.25, 0.3) is 0 Å². The van der Waals surface area contributed by atoms with Gasteiger partial charge in [-0.2, -0.15) is 0 Å². The third-order valence-electron chi connectivity index (χ3n) is 6.48. The predicted octanol–water partition coefficient (Wildman–Crippen LogP) is 4.89. The van der Waals surface area contributed by atoms with Crippen molar-refractivity contribution < 1.29 is 5.11 Å². The second kappa shape index (κ2) is 9.19. The normalized spacial score (nSPS) is 22.0. The van der Waals surface area contributed by atoms with Gasteiger partial charge in [0, 0.05) is 48.6 Å². The fourth-order valence-electron chi connectivity index (χ4n) is 4.46. The highest BCUT2D eigenvalue weighted by atomic mass is 32.2. The first-order chi connectivity index (χ1) is 12.9. The van der Waals surface area contributed by atoms with E-state index in [0.717, 1.165) is 31.8 Å². The molecule has 2 aliphatic heterocycles. The lowest BCUT2D eigenvalue weighted by molar-refractivity contribution is -0.0588. The fourth-order valence-corrected chi connectivity index (χ4v) is 5.35. The van der Waals surface area contributed by atoms with Crippen molar-refractivity contribution >= 4 is 17.4 Å². The zero-order valence-corrected chi connectivity index (χ0v) is 18.5. The Labute approximate surface area is 170 Å². The van der Waals surface area contributed by atoms with E-state index in [9.17, 15) is 5.11 Å². The first-order valence-electron chi connectivity index (χ1n) is 10.8. The standard InChI is InChI=1S/C23H38N2OS/c1-18(2)23(26)10-14-24(15-11-23)17-20-8-12-25(13-9-20)21-6-5-7-22(16-21)27-19(3)4/h5-7,16,18-20,26H,8-15,17H2,1-4H3. The molecule has 2 saturated heterocycles. The molecule has 0 aromatic heterocycles. The number of aliphatic hydroxyl groups is 1. The van der Waals surface area contributed by atoms with Gasteiger partial charge in [-0.25, -0.2) is 0 Å². The van der Waals surface area contributed by atoms with Crippen LogP contribution >= 0.6 is 11.8 Å². The first-order valence-corrected chi connectivity index (χ1v) is 11.7. The summed E-state index contributed by atoms with van der Waals surface area (Å²) < 4.78 is 0. The Kier molecular flexibility index (Phi) is 7.15. The van der Waals surface area contributed by atoms with Crippen molar-refractivity contribution in [1.29, 1.82) is 0 Å². The molecule has 0 unspecified atom stereocenters. The van der Waals surface area contributed by atoms with E-state index in [-0.39, 0.29) is 0 Å². The molecule has 0 radical (unpaired) electrons. The molecule has 0 aliphatic carbocycles. The summed E-state index contributed by atoms with van der Waals surface area (Å²) in [7, 11) is 0. The van der Waals surface area contributed by atoms with E-state index in [4.69, 9.17) is 0 Å². The van der Waals surface area contributed by atoms with E-state index in [1.54, 1.807) is 0 Å². The molecule has 2 heterocycles. The lowest BCUT2D eigenvalue weighted by Crippen LogP contribution is -2.49. The fraction of sp³-hybridized carbons (Fsp3) is 0.739. The van der Waals surface area contributed by atoms with Crippen molar-refractivity contribution in [3.8, 4) is 0 Å². The van der Waals surface area contributed by atoms with Crippen LogP contribution in [0.25, 0.3) is 0 Å². The Morgan fingerprint density at radius 2 is 1.74 bits per heavy atom. The summed E-state index contributed by atoms with van der Waals surface area (Å²) in [6.45, 7) is 14.5. The summed E-state index contributed by atoms with van der Waals surface area (Å²) in [5, 5.41) is 11.3. The molecule has 3 nitrogen and oxygen atoms in total. The Balaban J connectivity index is 1.46. The van der Waals surface area contributed by atoms with Crippen molar-refractivity contribution in [2.24, 2.45) is 11.8 Å². The number of rotatable bonds is 6. The predicted molar refractivity (Wildman–Crippen MR) is 118 cm³/mol. The molecule has 2 aliphatic rings. The molecule has 1 aromatic rings. The average Bonchev–Trinajstić information content (AvgIpc) is 2.64. The van der Waals surface area contributed by atoms with Crippen LogP contribution in [0.15, 0.2) is 29.2 Å². The van der Waals surface area contributed by atoms with Gasteiger partial charge in [0.05, 0.1) is 5.60 Å². The summed E-state index contributed by atoms with van der Waals surface area (Å²) in [5.41, 5.74) is 0.956. The SMILES string of the molecule is CC(C)Sc1cccc(N2CCC(CN3CCC(O)(C(C)C)CC3)CC2)c1. The van der Waals surface area contributed by atoms with Gasteiger partial charge in [-0.1, -0.05) is 33.8 Å². The quantitative estimate of drug-likeness (QED) is 0.700. The van der Waals surface area contributed by atoms with Crippen molar-refractivity contribution in [3.05, 3.63) is 24.3 Å². The average molecular weight is 391 g/mol. The van der Waals surface area contributed by atoms with Gasteiger partial charge in [-0.05, 0) is 55.7 Å². The Morgan fingerprint density at radius 1 is 1.07 bits per heavy atom. The molecule has 27 heavy (non-hydrogen) atoms. The van der Waals surface area contributed by atoms with Crippen LogP contribution in [0.5, 0.6) is 0 Å². The molecule has 0 amide bonds. The van der Waals surface area contributed by atoms with Gasteiger partial charge in [0.1, 0.15) is 0 Å². The van der Waals surface area contributed by atoms with Crippen LogP contribution in [0.2, 0.25) is 0 Å². The lowest BCUT2D eigenvalue weighted by Gasteiger charge is -2.43. The molecular formula is C23H38N2OS. The van der Waals surface area contributed by atoms with Crippen molar-refractivity contribution in [2.75, 3.05) is 37.6 Å². The minimum Gasteiger partial charge on any atom is -0.390 e.